The summed E-state index contributed by atoms with van der Waals surface area (Å²) < 4.78 is 7.17. The average molecular weight is 379 g/mol. The first-order valence-electron chi connectivity index (χ1n) is 8.89. The summed E-state index contributed by atoms with van der Waals surface area (Å²) in [4.78, 5) is 12.3. The summed E-state index contributed by atoms with van der Waals surface area (Å²) in [5.41, 5.74) is 2.24. The maximum Gasteiger partial charge on any atom is 0.241 e. The molecular weight excluding hydrogens is 352 g/mol. The lowest BCUT2D eigenvalue weighted by Crippen LogP contribution is -2.33. The lowest BCUT2D eigenvalue weighted by atomic mass is 9.96. The Kier molecular flexibility index (Phi) is 7.94. The molecule has 6 nitrogen and oxygen atoms in total. The minimum absolute atomic E-state index is 0. The molecule has 1 aromatic carbocycles. The number of hydrogen-bond donors (Lipinski definition) is 2. The third-order valence-electron chi connectivity index (χ3n) is 4.67. The van der Waals surface area contributed by atoms with E-state index in [1.807, 2.05) is 35.0 Å². The molecule has 1 aromatic heterocycles. The average Bonchev–Trinajstić information content (AvgIpc) is 3.11. The molecule has 0 saturated carbocycles. The molecule has 0 spiro atoms. The zero-order chi connectivity index (χ0) is 17.5. The van der Waals surface area contributed by atoms with Crippen molar-refractivity contribution in [3.8, 4) is 5.75 Å². The van der Waals surface area contributed by atoms with Crippen molar-refractivity contribution in [2.75, 3.05) is 26.7 Å². The fourth-order valence-corrected chi connectivity index (χ4v) is 3.36. The number of nitrogens with zero attached hydrogens (tertiary/aromatic N) is 2. The summed E-state index contributed by atoms with van der Waals surface area (Å²) in [6.45, 7) is 2.89. The normalized spacial score (nSPS) is 16.6. The van der Waals surface area contributed by atoms with Crippen molar-refractivity contribution in [1.29, 1.82) is 0 Å². The van der Waals surface area contributed by atoms with Crippen LogP contribution >= 0.6 is 12.4 Å². The molecule has 0 radical (unpaired) electrons. The third-order valence-corrected chi connectivity index (χ3v) is 4.67. The van der Waals surface area contributed by atoms with Gasteiger partial charge in [-0.15, -0.1) is 12.4 Å². The van der Waals surface area contributed by atoms with Gasteiger partial charge < -0.3 is 15.4 Å². The quantitative estimate of drug-likeness (QED) is 0.774. The van der Waals surface area contributed by atoms with E-state index in [1.54, 1.807) is 13.3 Å². The SMILES string of the molecule is COc1ccccc1CCNC(=O)Cn1nccc1C1CCCNC1.Cl. The van der Waals surface area contributed by atoms with E-state index >= 15 is 0 Å². The monoisotopic (exact) mass is 378 g/mol. The van der Waals surface area contributed by atoms with Crippen molar-refractivity contribution in [2.24, 2.45) is 0 Å². The van der Waals surface area contributed by atoms with Crippen molar-refractivity contribution in [3.63, 3.8) is 0 Å². The second kappa shape index (κ2) is 10.2. The minimum Gasteiger partial charge on any atom is -0.496 e. The van der Waals surface area contributed by atoms with Crippen molar-refractivity contribution in [2.45, 2.75) is 31.7 Å². The van der Waals surface area contributed by atoms with E-state index in [1.165, 1.54) is 6.42 Å². The number of carbonyl (C=O) groups excluding carboxylic acids is 1. The lowest BCUT2D eigenvalue weighted by Gasteiger charge is -2.23. The molecule has 0 bridgehead atoms. The van der Waals surface area contributed by atoms with E-state index in [-0.39, 0.29) is 24.9 Å². The second-order valence-electron chi connectivity index (χ2n) is 6.37. The first kappa shape index (κ1) is 20.3. The van der Waals surface area contributed by atoms with Gasteiger partial charge in [0, 0.05) is 30.9 Å². The predicted molar refractivity (Wildman–Crippen MR) is 104 cm³/mol. The standard InChI is InChI=1S/C19H26N4O2.ClH/c1-25-18-7-3-2-5-15(18)8-11-21-19(24)14-23-17(9-12-22-23)16-6-4-10-20-13-16;/h2-3,5,7,9,12,16,20H,4,6,8,10-11,13-14H2,1H3,(H,21,24);1H. The largest absolute Gasteiger partial charge is 0.496 e. The maximum atomic E-state index is 12.3. The number of halogens is 1. The number of carbonyl (C=O) groups is 1. The number of nitrogens with one attached hydrogen (secondary N) is 2. The van der Waals surface area contributed by atoms with Crippen LogP contribution in [0.3, 0.4) is 0 Å². The summed E-state index contributed by atoms with van der Waals surface area (Å²) in [5.74, 6) is 1.29. The van der Waals surface area contributed by atoms with Crippen LogP contribution in [0.2, 0.25) is 0 Å². The van der Waals surface area contributed by atoms with E-state index in [0.717, 1.165) is 42.9 Å². The molecule has 2 heterocycles. The highest BCUT2D eigenvalue weighted by Crippen LogP contribution is 2.22. The number of aromatic nitrogens is 2. The molecule has 1 atom stereocenters. The van der Waals surface area contributed by atoms with Gasteiger partial charge in [0.25, 0.3) is 0 Å². The smallest absolute Gasteiger partial charge is 0.241 e. The molecule has 1 aliphatic heterocycles. The van der Waals surface area contributed by atoms with Crippen LogP contribution in [0.5, 0.6) is 5.75 Å². The first-order valence-corrected chi connectivity index (χ1v) is 8.89. The highest BCUT2D eigenvalue weighted by Gasteiger charge is 2.19. The second-order valence-corrected chi connectivity index (χ2v) is 6.37. The topological polar surface area (TPSA) is 68.2 Å². The van der Waals surface area contributed by atoms with Gasteiger partial charge in [0.1, 0.15) is 12.3 Å². The molecule has 1 aliphatic rings. The zero-order valence-electron chi connectivity index (χ0n) is 15.1. The van der Waals surface area contributed by atoms with Gasteiger partial charge in [-0.1, -0.05) is 18.2 Å². The van der Waals surface area contributed by atoms with E-state index in [9.17, 15) is 4.79 Å². The van der Waals surface area contributed by atoms with Crippen LogP contribution in [0.1, 0.15) is 30.0 Å². The third kappa shape index (κ3) is 5.22. The van der Waals surface area contributed by atoms with Crippen LogP contribution in [-0.2, 0) is 17.8 Å². The van der Waals surface area contributed by atoms with Crippen LogP contribution in [0.4, 0.5) is 0 Å². The molecular formula is C19H27ClN4O2. The summed E-state index contributed by atoms with van der Waals surface area (Å²) in [6, 6.07) is 9.91. The lowest BCUT2D eigenvalue weighted by molar-refractivity contribution is -0.121. The molecule has 1 saturated heterocycles. The van der Waals surface area contributed by atoms with Crippen molar-refractivity contribution < 1.29 is 9.53 Å². The molecule has 1 amide bonds. The van der Waals surface area contributed by atoms with E-state index in [2.05, 4.69) is 15.7 Å². The summed E-state index contributed by atoms with van der Waals surface area (Å²) in [6.07, 6.45) is 4.84. The molecule has 26 heavy (non-hydrogen) atoms. The number of methoxy groups -OCH3 is 1. The molecule has 0 aliphatic carbocycles. The predicted octanol–water partition coefficient (Wildman–Crippen LogP) is 2.14. The Morgan fingerprint density at radius 3 is 3.00 bits per heavy atom. The van der Waals surface area contributed by atoms with Gasteiger partial charge in [0.15, 0.2) is 0 Å². The van der Waals surface area contributed by atoms with Crippen LogP contribution in [0, 0.1) is 0 Å². The molecule has 3 rings (SSSR count). The van der Waals surface area contributed by atoms with Gasteiger partial charge in [-0.05, 0) is 43.5 Å². The molecule has 7 heteroatoms. The van der Waals surface area contributed by atoms with Crippen molar-refractivity contribution in [3.05, 3.63) is 47.8 Å². The minimum atomic E-state index is -0.0105. The number of rotatable bonds is 7. The number of piperidine rings is 1. The van der Waals surface area contributed by atoms with Crippen LogP contribution in [-0.4, -0.2) is 42.4 Å². The Morgan fingerprint density at radius 2 is 2.23 bits per heavy atom. The van der Waals surface area contributed by atoms with E-state index in [0.29, 0.717) is 12.5 Å². The number of ether oxygens (including phenoxy) is 1. The van der Waals surface area contributed by atoms with Gasteiger partial charge >= 0.3 is 0 Å². The fourth-order valence-electron chi connectivity index (χ4n) is 3.36. The Hall–Kier alpha value is -2.05. The number of para-hydroxylation sites is 1. The summed E-state index contributed by atoms with van der Waals surface area (Å²) in [5, 5.41) is 10.7. The first-order chi connectivity index (χ1) is 12.3. The number of benzene rings is 1. The van der Waals surface area contributed by atoms with E-state index < -0.39 is 0 Å². The van der Waals surface area contributed by atoms with Crippen LogP contribution < -0.4 is 15.4 Å². The number of hydrogen-bond acceptors (Lipinski definition) is 4. The Labute approximate surface area is 160 Å². The fraction of sp³-hybridized carbons (Fsp3) is 0.474. The summed E-state index contributed by atoms with van der Waals surface area (Å²) >= 11 is 0. The Morgan fingerprint density at radius 1 is 1.38 bits per heavy atom. The highest BCUT2D eigenvalue weighted by molar-refractivity contribution is 5.85. The van der Waals surface area contributed by atoms with Crippen LogP contribution in [0.25, 0.3) is 0 Å². The van der Waals surface area contributed by atoms with Crippen LogP contribution in [0.15, 0.2) is 36.5 Å². The van der Waals surface area contributed by atoms with Crippen molar-refractivity contribution in [1.82, 2.24) is 20.4 Å². The molecule has 2 N–H and O–H groups in total. The van der Waals surface area contributed by atoms with E-state index in [4.69, 9.17) is 4.74 Å². The number of amides is 1. The molecule has 1 unspecified atom stereocenters. The summed E-state index contributed by atoms with van der Waals surface area (Å²) in [7, 11) is 1.66. The zero-order valence-corrected chi connectivity index (χ0v) is 15.9. The molecule has 1 fully saturated rings. The molecule has 142 valence electrons. The Balaban J connectivity index is 0.00000243. The van der Waals surface area contributed by atoms with Gasteiger partial charge in [0.05, 0.1) is 7.11 Å². The molecule has 2 aromatic rings. The maximum absolute atomic E-state index is 12.3. The highest BCUT2D eigenvalue weighted by atomic mass is 35.5. The van der Waals surface area contributed by atoms with Gasteiger partial charge in [-0.25, -0.2) is 0 Å². The van der Waals surface area contributed by atoms with Gasteiger partial charge in [0.2, 0.25) is 5.91 Å². The Bertz CT molecular complexity index is 698. The van der Waals surface area contributed by atoms with Gasteiger partial charge in [-0.3, -0.25) is 9.48 Å². The van der Waals surface area contributed by atoms with Crippen molar-refractivity contribution >= 4 is 18.3 Å². The van der Waals surface area contributed by atoms with Gasteiger partial charge in [-0.2, -0.15) is 5.10 Å².